The minimum atomic E-state index is -0.542. The van der Waals surface area contributed by atoms with Crippen molar-refractivity contribution in [2.45, 2.75) is 26.4 Å². The lowest BCUT2D eigenvalue weighted by atomic mass is 10.4. The molecule has 2 rings (SSSR count). The molecule has 0 spiro atoms. The number of nitrogens with two attached hydrogens (primary N) is 2. The van der Waals surface area contributed by atoms with E-state index in [0.29, 0.717) is 18.7 Å². The highest BCUT2D eigenvalue weighted by atomic mass is 16.3. The summed E-state index contributed by atoms with van der Waals surface area (Å²) in [5.74, 6) is 0.536. The van der Waals surface area contributed by atoms with Gasteiger partial charge in [0, 0.05) is 6.54 Å². The van der Waals surface area contributed by atoms with Crippen LogP contribution in [0, 0.1) is 0 Å². The molecule has 19 heavy (non-hydrogen) atoms. The number of furan rings is 1. The van der Waals surface area contributed by atoms with E-state index in [1.165, 1.54) is 10.8 Å². The zero-order valence-electron chi connectivity index (χ0n) is 10.6. The van der Waals surface area contributed by atoms with Crippen LogP contribution in [0.25, 0.3) is 0 Å². The van der Waals surface area contributed by atoms with Gasteiger partial charge in [-0.15, -0.1) is 0 Å². The molecular weight excluding hydrogens is 248 g/mol. The molecule has 2 heterocycles. The molecule has 0 fully saturated rings. The molecule has 102 valence electrons. The van der Waals surface area contributed by atoms with Crippen molar-refractivity contribution in [1.82, 2.24) is 9.13 Å². The molecule has 2 aromatic rings. The van der Waals surface area contributed by atoms with Crippen LogP contribution in [-0.2, 0) is 13.1 Å². The van der Waals surface area contributed by atoms with Crippen molar-refractivity contribution in [1.29, 1.82) is 0 Å². The van der Waals surface area contributed by atoms with Crippen LogP contribution < -0.4 is 22.7 Å². The first-order valence-electron chi connectivity index (χ1n) is 5.97. The summed E-state index contributed by atoms with van der Waals surface area (Å²) in [5.41, 5.74) is 10.3. The number of hydrogen-bond donors (Lipinski definition) is 2. The number of hydrogen-bond acceptors (Lipinski definition) is 5. The second-order valence-corrected chi connectivity index (χ2v) is 4.20. The average Bonchev–Trinajstić information content (AvgIpc) is 2.90. The fourth-order valence-corrected chi connectivity index (χ4v) is 1.87. The van der Waals surface area contributed by atoms with Crippen molar-refractivity contribution in [2.24, 2.45) is 0 Å². The Bertz CT molecular complexity index is 682. The van der Waals surface area contributed by atoms with Crippen molar-refractivity contribution >= 4 is 11.5 Å². The van der Waals surface area contributed by atoms with Crippen LogP contribution in [0.3, 0.4) is 0 Å². The molecule has 0 amide bonds. The van der Waals surface area contributed by atoms with Crippen LogP contribution >= 0.6 is 0 Å². The van der Waals surface area contributed by atoms with Crippen LogP contribution in [0.1, 0.15) is 19.1 Å². The Kier molecular flexibility index (Phi) is 3.46. The van der Waals surface area contributed by atoms with Gasteiger partial charge in [0.25, 0.3) is 5.56 Å². The van der Waals surface area contributed by atoms with Gasteiger partial charge in [-0.3, -0.25) is 13.9 Å². The molecule has 0 aliphatic rings. The lowest BCUT2D eigenvalue weighted by Crippen LogP contribution is -2.42. The first-order valence-corrected chi connectivity index (χ1v) is 5.97. The van der Waals surface area contributed by atoms with Gasteiger partial charge >= 0.3 is 5.69 Å². The predicted molar refractivity (Wildman–Crippen MR) is 71.9 cm³/mol. The molecule has 0 aliphatic carbocycles. The Morgan fingerprint density at radius 2 is 2.00 bits per heavy atom. The molecule has 0 saturated heterocycles. The summed E-state index contributed by atoms with van der Waals surface area (Å²) in [6.45, 7) is 2.32. The molecule has 0 radical (unpaired) electrons. The largest absolute Gasteiger partial charge is 0.467 e. The number of rotatable bonds is 4. The van der Waals surface area contributed by atoms with Gasteiger partial charge in [0.05, 0.1) is 12.8 Å². The van der Waals surface area contributed by atoms with Gasteiger partial charge in [-0.2, -0.15) is 0 Å². The molecule has 7 nitrogen and oxygen atoms in total. The second kappa shape index (κ2) is 5.05. The SMILES string of the molecule is CCCn1c(=O)c(N)c(N)n(Cc2ccco2)c1=O. The summed E-state index contributed by atoms with van der Waals surface area (Å²) in [6, 6.07) is 3.43. The minimum absolute atomic E-state index is 0.0289. The summed E-state index contributed by atoms with van der Waals surface area (Å²) in [6.07, 6.45) is 2.15. The van der Waals surface area contributed by atoms with Crippen LogP contribution in [0.5, 0.6) is 0 Å². The topological polar surface area (TPSA) is 109 Å². The Morgan fingerprint density at radius 3 is 2.58 bits per heavy atom. The molecular formula is C12H16N4O3. The van der Waals surface area contributed by atoms with Gasteiger partial charge in [-0.25, -0.2) is 4.79 Å². The van der Waals surface area contributed by atoms with Gasteiger partial charge in [0.2, 0.25) is 0 Å². The fraction of sp³-hybridized carbons (Fsp3) is 0.333. The van der Waals surface area contributed by atoms with E-state index in [-0.39, 0.29) is 18.1 Å². The van der Waals surface area contributed by atoms with E-state index in [4.69, 9.17) is 15.9 Å². The third-order valence-corrected chi connectivity index (χ3v) is 2.85. The highest BCUT2D eigenvalue weighted by Gasteiger charge is 2.15. The molecule has 0 aliphatic heterocycles. The van der Waals surface area contributed by atoms with E-state index in [9.17, 15) is 9.59 Å². The van der Waals surface area contributed by atoms with E-state index in [2.05, 4.69) is 0 Å². The molecule has 0 unspecified atom stereocenters. The zero-order valence-corrected chi connectivity index (χ0v) is 10.6. The highest BCUT2D eigenvalue weighted by Crippen LogP contribution is 2.09. The quantitative estimate of drug-likeness (QED) is 0.821. The third kappa shape index (κ3) is 2.26. The van der Waals surface area contributed by atoms with Crippen molar-refractivity contribution < 1.29 is 4.42 Å². The molecule has 0 atom stereocenters. The van der Waals surface area contributed by atoms with Crippen LogP contribution in [0.15, 0.2) is 32.4 Å². The summed E-state index contributed by atoms with van der Waals surface area (Å²) >= 11 is 0. The van der Waals surface area contributed by atoms with Crippen molar-refractivity contribution in [3.8, 4) is 0 Å². The molecule has 0 aromatic carbocycles. The summed E-state index contributed by atoms with van der Waals surface area (Å²) in [7, 11) is 0. The predicted octanol–water partition coefficient (Wildman–Crippen LogP) is 0.226. The standard InChI is InChI=1S/C12H16N4O3/c1-2-5-15-11(17)9(13)10(14)16(12(15)18)7-8-4-3-6-19-8/h3-4,6H,2,5,7,13-14H2,1H3. The fourth-order valence-electron chi connectivity index (χ4n) is 1.87. The molecule has 0 saturated carbocycles. The van der Waals surface area contributed by atoms with Crippen molar-refractivity contribution in [3.63, 3.8) is 0 Å². The summed E-state index contributed by atoms with van der Waals surface area (Å²) in [5, 5.41) is 0. The van der Waals surface area contributed by atoms with Gasteiger partial charge < -0.3 is 15.9 Å². The van der Waals surface area contributed by atoms with E-state index in [0.717, 1.165) is 4.57 Å². The molecule has 4 N–H and O–H groups in total. The second-order valence-electron chi connectivity index (χ2n) is 4.20. The van der Waals surface area contributed by atoms with Crippen LogP contribution in [0.4, 0.5) is 11.5 Å². The minimum Gasteiger partial charge on any atom is -0.467 e. The Balaban J connectivity index is 2.60. The van der Waals surface area contributed by atoms with E-state index < -0.39 is 11.2 Å². The molecule has 0 bridgehead atoms. The van der Waals surface area contributed by atoms with E-state index in [1.54, 1.807) is 12.1 Å². The number of nitrogens with zero attached hydrogens (tertiary/aromatic N) is 2. The third-order valence-electron chi connectivity index (χ3n) is 2.85. The zero-order chi connectivity index (χ0) is 14.0. The van der Waals surface area contributed by atoms with Gasteiger partial charge in [-0.1, -0.05) is 6.92 Å². The first-order chi connectivity index (χ1) is 9.06. The normalized spacial score (nSPS) is 10.8. The monoisotopic (exact) mass is 264 g/mol. The molecule has 7 heteroatoms. The van der Waals surface area contributed by atoms with Crippen molar-refractivity contribution in [3.05, 3.63) is 45.0 Å². The van der Waals surface area contributed by atoms with Crippen molar-refractivity contribution in [2.75, 3.05) is 11.5 Å². The Morgan fingerprint density at radius 1 is 1.26 bits per heavy atom. The maximum absolute atomic E-state index is 12.2. The lowest BCUT2D eigenvalue weighted by Gasteiger charge is -2.13. The van der Waals surface area contributed by atoms with Crippen LogP contribution in [0.2, 0.25) is 0 Å². The van der Waals surface area contributed by atoms with E-state index in [1.807, 2.05) is 6.92 Å². The maximum atomic E-state index is 12.2. The first kappa shape index (κ1) is 13.0. The summed E-state index contributed by atoms with van der Waals surface area (Å²) in [4.78, 5) is 24.1. The van der Waals surface area contributed by atoms with Crippen LogP contribution in [-0.4, -0.2) is 9.13 Å². The highest BCUT2D eigenvalue weighted by molar-refractivity contribution is 5.56. The molecule has 2 aromatic heterocycles. The number of nitrogen functional groups attached to an aromatic ring is 2. The van der Waals surface area contributed by atoms with E-state index >= 15 is 0 Å². The maximum Gasteiger partial charge on any atom is 0.333 e. The number of anilines is 2. The Hall–Kier alpha value is -2.44. The van der Waals surface area contributed by atoms with Gasteiger partial charge in [-0.05, 0) is 18.6 Å². The smallest absolute Gasteiger partial charge is 0.333 e. The number of aromatic nitrogens is 2. The summed E-state index contributed by atoms with van der Waals surface area (Å²) < 4.78 is 7.51. The lowest BCUT2D eigenvalue weighted by molar-refractivity contribution is 0.478. The van der Waals surface area contributed by atoms with Gasteiger partial charge in [0.15, 0.2) is 0 Å². The average molecular weight is 264 g/mol. The van der Waals surface area contributed by atoms with Gasteiger partial charge in [0.1, 0.15) is 17.3 Å². The Labute approximate surface area is 109 Å².